The third-order valence-electron chi connectivity index (χ3n) is 3.67. The minimum absolute atomic E-state index is 0.361. The number of amides is 1. The molecule has 0 bridgehead atoms. The Labute approximate surface area is 121 Å². The molecule has 20 heavy (non-hydrogen) atoms. The van der Waals surface area contributed by atoms with Crippen LogP contribution in [-0.2, 0) is 9.53 Å². The molecule has 0 radical (unpaired) electrons. The first-order chi connectivity index (χ1) is 9.12. The van der Waals surface area contributed by atoms with E-state index in [2.05, 4.69) is 5.32 Å². The number of aliphatic carboxylic acids is 1. The fourth-order valence-corrected chi connectivity index (χ4v) is 2.69. The van der Waals surface area contributed by atoms with Crippen LogP contribution in [0.25, 0.3) is 0 Å². The number of carboxylic acid groups (broad SMARTS) is 1. The molecule has 0 unspecified atom stereocenters. The number of nitrogens with one attached hydrogen (secondary N) is 1. The molecule has 1 rings (SSSR count). The number of carbonyl (C=O) groups is 2. The predicted octanol–water partition coefficient (Wildman–Crippen LogP) is 3.32. The van der Waals surface area contributed by atoms with Gasteiger partial charge in [-0.1, -0.05) is 32.1 Å². The van der Waals surface area contributed by atoms with E-state index in [4.69, 9.17) is 4.74 Å². The van der Waals surface area contributed by atoms with Crippen LogP contribution in [0, 0.1) is 5.92 Å². The first-order valence-electron chi connectivity index (χ1n) is 7.37. The number of hydrogen-bond donors (Lipinski definition) is 2. The molecule has 0 aromatic rings. The van der Waals surface area contributed by atoms with Crippen molar-refractivity contribution in [3.8, 4) is 0 Å². The molecule has 1 aliphatic rings. The molecule has 1 saturated carbocycles. The summed E-state index contributed by atoms with van der Waals surface area (Å²) >= 11 is 0. The van der Waals surface area contributed by atoms with Crippen molar-refractivity contribution in [3.05, 3.63) is 0 Å². The van der Waals surface area contributed by atoms with E-state index in [1.807, 2.05) is 0 Å². The molecule has 1 amide bonds. The van der Waals surface area contributed by atoms with Crippen LogP contribution in [0.4, 0.5) is 4.79 Å². The summed E-state index contributed by atoms with van der Waals surface area (Å²) in [7, 11) is 0. The van der Waals surface area contributed by atoms with Crippen molar-refractivity contribution in [1.29, 1.82) is 0 Å². The van der Waals surface area contributed by atoms with Gasteiger partial charge in [-0.2, -0.15) is 0 Å². The zero-order chi connectivity index (χ0) is 15.4. The largest absolute Gasteiger partial charge is 0.480 e. The molecule has 0 aromatic carbocycles. The van der Waals surface area contributed by atoms with Crippen molar-refractivity contribution in [2.75, 3.05) is 0 Å². The van der Waals surface area contributed by atoms with E-state index in [0.29, 0.717) is 12.3 Å². The van der Waals surface area contributed by atoms with Crippen LogP contribution < -0.4 is 5.32 Å². The van der Waals surface area contributed by atoms with Gasteiger partial charge in [0.15, 0.2) is 0 Å². The lowest BCUT2D eigenvalue weighted by Gasteiger charge is -2.33. The van der Waals surface area contributed by atoms with Gasteiger partial charge in [0, 0.05) is 0 Å². The molecule has 0 aliphatic heterocycles. The summed E-state index contributed by atoms with van der Waals surface area (Å²) in [4.78, 5) is 23.3. The normalized spacial score (nSPS) is 20.0. The fourth-order valence-electron chi connectivity index (χ4n) is 2.69. The minimum atomic E-state index is -1.26. The summed E-state index contributed by atoms with van der Waals surface area (Å²) in [6.07, 6.45) is 5.39. The van der Waals surface area contributed by atoms with Gasteiger partial charge in [-0.15, -0.1) is 0 Å². The molecular weight excluding hydrogens is 258 g/mol. The van der Waals surface area contributed by atoms with Crippen LogP contribution in [0.5, 0.6) is 0 Å². The smallest absolute Gasteiger partial charge is 0.408 e. The van der Waals surface area contributed by atoms with Crippen molar-refractivity contribution < 1.29 is 19.4 Å². The van der Waals surface area contributed by atoms with Crippen LogP contribution >= 0.6 is 0 Å². The van der Waals surface area contributed by atoms with E-state index < -0.39 is 23.2 Å². The Bertz CT molecular complexity index is 355. The zero-order valence-corrected chi connectivity index (χ0v) is 13.0. The van der Waals surface area contributed by atoms with E-state index in [-0.39, 0.29) is 0 Å². The summed E-state index contributed by atoms with van der Waals surface area (Å²) in [5.41, 5.74) is -1.89. The van der Waals surface area contributed by atoms with E-state index in [1.54, 1.807) is 27.7 Å². The van der Waals surface area contributed by atoms with Crippen molar-refractivity contribution in [2.45, 2.75) is 77.4 Å². The molecule has 116 valence electrons. The molecular formula is C15H27NO4. The zero-order valence-electron chi connectivity index (χ0n) is 13.0. The SMILES string of the molecule is CC(C)(C)OC(=O)N[C@](C)(CC1CCCCC1)C(=O)O. The lowest BCUT2D eigenvalue weighted by molar-refractivity contribution is -0.145. The standard InChI is InChI=1S/C15H27NO4/c1-14(2,3)20-13(19)16-15(4,12(17)18)10-11-8-6-5-7-9-11/h11H,5-10H2,1-4H3,(H,16,19)(H,17,18)/t15-/m1/s1. The number of hydrogen-bond acceptors (Lipinski definition) is 3. The Hall–Kier alpha value is -1.26. The molecule has 1 aliphatic carbocycles. The Balaban J connectivity index is 2.65. The Morgan fingerprint density at radius 3 is 2.15 bits per heavy atom. The molecule has 2 N–H and O–H groups in total. The maximum absolute atomic E-state index is 11.8. The third-order valence-corrected chi connectivity index (χ3v) is 3.67. The maximum atomic E-state index is 11.8. The summed E-state index contributed by atoms with van der Waals surface area (Å²) in [6, 6.07) is 0. The fraction of sp³-hybridized carbons (Fsp3) is 0.867. The van der Waals surface area contributed by atoms with Gasteiger partial charge >= 0.3 is 12.1 Å². The average molecular weight is 285 g/mol. The third kappa shape index (κ3) is 5.39. The Morgan fingerprint density at radius 2 is 1.70 bits per heavy atom. The molecule has 0 spiro atoms. The van der Waals surface area contributed by atoms with Crippen LogP contribution in [0.15, 0.2) is 0 Å². The van der Waals surface area contributed by atoms with Gasteiger partial charge in [-0.25, -0.2) is 9.59 Å². The van der Waals surface area contributed by atoms with Gasteiger partial charge in [-0.3, -0.25) is 0 Å². The average Bonchev–Trinajstić information content (AvgIpc) is 2.26. The highest BCUT2D eigenvalue weighted by Crippen LogP contribution is 2.31. The van der Waals surface area contributed by atoms with Gasteiger partial charge in [-0.05, 0) is 40.0 Å². The van der Waals surface area contributed by atoms with Crippen molar-refractivity contribution >= 4 is 12.1 Å². The second-order valence-corrected chi connectivity index (χ2v) is 6.97. The predicted molar refractivity (Wildman–Crippen MR) is 76.6 cm³/mol. The number of alkyl carbamates (subject to hydrolysis) is 1. The van der Waals surface area contributed by atoms with Crippen LogP contribution in [-0.4, -0.2) is 28.3 Å². The molecule has 5 heteroatoms. The second-order valence-electron chi connectivity index (χ2n) is 6.97. The van der Waals surface area contributed by atoms with Crippen molar-refractivity contribution in [3.63, 3.8) is 0 Å². The number of carbonyl (C=O) groups excluding carboxylic acids is 1. The van der Waals surface area contributed by atoms with E-state index in [0.717, 1.165) is 25.7 Å². The summed E-state index contributed by atoms with van der Waals surface area (Å²) < 4.78 is 5.16. The summed E-state index contributed by atoms with van der Waals surface area (Å²) in [5.74, 6) is -0.645. The molecule has 0 aromatic heterocycles. The van der Waals surface area contributed by atoms with E-state index in [1.165, 1.54) is 6.42 Å². The topological polar surface area (TPSA) is 75.6 Å². The summed E-state index contributed by atoms with van der Waals surface area (Å²) in [6.45, 7) is 6.83. The highest BCUT2D eigenvalue weighted by Gasteiger charge is 2.38. The minimum Gasteiger partial charge on any atom is -0.480 e. The molecule has 0 saturated heterocycles. The van der Waals surface area contributed by atoms with Crippen LogP contribution in [0.1, 0.15) is 66.2 Å². The Kier molecular flexibility index (Phi) is 5.42. The lowest BCUT2D eigenvalue weighted by atomic mass is 9.80. The highest BCUT2D eigenvalue weighted by atomic mass is 16.6. The molecule has 0 heterocycles. The van der Waals surface area contributed by atoms with Gasteiger partial charge in [0.2, 0.25) is 0 Å². The number of ether oxygens (including phenoxy) is 1. The van der Waals surface area contributed by atoms with Crippen LogP contribution in [0.2, 0.25) is 0 Å². The first-order valence-corrected chi connectivity index (χ1v) is 7.37. The second kappa shape index (κ2) is 6.46. The number of carboxylic acids is 1. The molecule has 1 fully saturated rings. The highest BCUT2D eigenvalue weighted by molar-refractivity contribution is 5.84. The molecule has 5 nitrogen and oxygen atoms in total. The maximum Gasteiger partial charge on any atom is 0.408 e. The van der Waals surface area contributed by atoms with Crippen molar-refractivity contribution in [2.24, 2.45) is 5.92 Å². The van der Waals surface area contributed by atoms with Crippen LogP contribution in [0.3, 0.4) is 0 Å². The van der Waals surface area contributed by atoms with E-state index >= 15 is 0 Å². The van der Waals surface area contributed by atoms with Gasteiger partial charge in [0.1, 0.15) is 11.1 Å². The number of rotatable bonds is 4. The summed E-state index contributed by atoms with van der Waals surface area (Å²) in [5, 5.41) is 12.0. The quantitative estimate of drug-likeness (QED) is 0.830. The van der Waals surface area contributed by atoms with Gasteiger partial charge in [0.25, 0.3) is 0 Å². The molecule has 1 atom stereocenters. The van der Waals surface area contributed by atoms with Gasteiger partial charge < -0.3 is 15.2 Å². The van der Waals surface area contributed by atoms with E-state index in [9.17, 15) is 14.7 Å². The van der Waals surface area contributed by atoms with Crippen molar-refractivity contribution in [1.82, 2.24) is 5.32 Å². The Morgan fingerprint density at radius 1 is 1.15 bits per heavy atom. The first kappa shape index (κ1) is 16.8. The monoisotopic (exact) mass is 285 g/mol. The van der Waals surface area contributed by atoms with Gasteiger partial charge in [0.05, 0.1) is 0 Å². The lowest BCUT2D eigenvalue weighted by Crippen LogP contribution is -2.54.